The van der Waals surface area contributed by atoms with Gasteiger partial charge >= 0.3 is 0 Å². The lowest BCUT2D eigenvalue weighted by Gasteiger charge is -2.08. The van der Waals surface area contributed by atoms with Gasteiger partial charge in [0.05, 0.1) is 0 Å². The fraction of sp³-hybridized carbons (Fsp3) is 0.250. The molecule has 5 nitrogen and oxygen atoms in total. The van der Waals surface area contributed by atoms with Crippen LogP contribution in [0.25, 0.3) is 0 Å². The minimum absolute atomic E-state index is 0.0201. The van der Waals surface area contributed by atoms with Gasteiger partial charge in [-0.15, -0.1) is 0 Å². The Morgan fingerprint density at radius 2 is 2.22 bits per heavy atom. The molecular formula is C4H10N4O. The minimum Gasteiger partial charge on any atom is -0.403 e. The maximum absolute atomic E-state index is 10.1. The predicted octanol–water partition coefficient (Wildman–Crippen LogP) is -1.92. The number of nitrogens with two attached hydrogens (primary N) is 3. The molecule has 0 aromatic carbocycles. The van der Waals surface area contributed by atoms with E-state index >= 15 is 0 Å². The molecule has 9 heavy (non-hydrogen) atoms. The van der Waals surface area contributed by atoms with Gasteiger partial charge in [0.2, 0.25) is 5.91 Å². The zero-order valence-electron chi connectivity index (χ0n) is 4.95. The number of hydrogen-bond donors (Lipinski definition) is 3. The van der Waals surface area contributed by atoms with Crippen molar-refractivity contribution in [2.45, 2.75) is 0 Å². The summed E-state index contributed by atoms with van der Waals surface area (Å²) in [7, 11) is 0. The van der Waals surface area contributed by atoms with Crippen LogP contribution in [0.5, 0.6) is 0 Å². The molecule has 0 aromatic rings. The van der Waals surface area contributed by atoms with Crippen molar-refractivity contribution in [1.29, 1.82) is 0 Å². The lowest BCUT2D eigenvalue weighted by atomic mass is 10.6. The van der Waals surface area contributed by atoms with Crippen LogP contribution in [0.4, 0.5) is 0 Å². The highest BCUT2D eigenvalue weighted by atomic mass is 16.1. The molecule has 0 unspecified atom stereocenters. The summed E-state index contributed by atoms with van der Waals surface area (Å²) in [4.78, 5) is 10.1. The SMILES string of the molecule is N/C=C\N(N)CC(N)=O. The van der Waals surface area contributed by atoms with Crippen molar-refractivity contribution in [1.82, 2.24) is 5.01 Å². The van der Waals surface area contributed by atoms with Crippen LogP contribution in [-0.4, -0.2) is 17.5 Å². The van der Waals surface area contributed by atoms with Crippen molar-refractivity contribution in [2.75, 3.05) is 6.54 Å². The number of carbonyl (C=O) groups is 1. The van der Waals surface area contributed by atoms with Crippen LogP contribution in [0.2, 0.25) is 0 Å². The van der Waals surface area contributed by atoms with Crippen LogP contribution in [0.3, 0.4) is 0 Å². The summed E-state index contributed by atoms with van der Waals surface area (Å²) in [6, 6.07) is 0. The summed E-state index contributed by atoms with van der Waals surface area (Å²) in [5.74, 6) is 4.66. The highest BCUT2D eigenvalue weighted by Gasteiger charge is 1.94. The summed E-state index contributed by atoms with van der Waals surface area (Å²) < 4.78 is 0. The van der Waals surface area contributed by atoms with Crippen LogP contribution in [0.15, 0.2) is 12.4 Å². The molecular weight excluding hydrogens is 120 g/mol. The number of hydrazine groups is 1. The highest BCUT2D eigenvalue weighted by molar-refractivity contribution is 5.75. The van der Waals surface area contributed by atoms with Gasteiger partial charge in [-0.1, -0.05) is 0 Å². The molecule has 0 heterocycles. The molecule has 6 N–H and O–H groups in total. The first-order valence-electron chi connectivity index (χ1n) is 2.35. The van der Waals surface area contributed by atoms with Gasteiger partial charge in [-0.25, -0.2) is 5.84 Å². The van der Waals surface area contributed by atoms with E-state index in [1.807, 2.05) is 0 Å². The van der Waals surface area contributed by atoms with Gasteiger partial charge in [-0.3, -0.25) is 4.79 Å². The number of nitrogens with zero attached hydrogens (tertiary/aromatic N) is 1. The number of rotatable bonds is 3. The second-order valence-electron chi connectivity index (χ2n) is 1.48. The largest absolute Gasteiger partial charge is 0.403 e. The molecule has 0 fully saturated rings. The van der Waals surface area contributed by atoms with Gasteiger partial charge in [-0.2, -0.15) is 0 Å². The Morgan fingerprint density at radius 1 is 1.67 bits per heavy atom. The van der Waals surface area contributed by atoms with Crippen molar-refractivity contribution in [2.24, 2.45) is 17.3 Å². The topological polar surface area (TPSA) is 98.4 Å². The van der Waals surface area contributed by atoms with Crippen molar-refractivity contribution in [3.8, 4) is 0 Å². The van der Waals surface area contributed by atoms with Crippen LogP contribution >= 0.6 is 0 Å². The Kier molecular flexibility index (Phi) is 3.22. The molecule has 0 atom stereocenters. The summed E-state index contributed by atoms with van der Waals surface area (Å²) in [5, 5.41) is 1.10. The smallest absolute Gasteiger partial charge is 0.238 e. The molecule has 0 aliphatic heterocycles. The second kappa shape index (κ2) is 3.73. The zero-order valence-corrected chi connectivity index (χ0v) is 4.95. The van der Waals surface area contributed by atoms with Gasteiger partial charge < -0.3 is 16.5 Å². The van der Waals surface area contributed by atoms with E-state index in [-0.39, 0.29) is 6.54 Å². The van der Waals surface area contributed by atoms with Gasteiger partial charge in [0, 0.05) is 12.4 Å². The molecule has 0 saturated heterocycles. The van der Waals surface area contributed by atoms with Crippen LogP contribution in [-0.2, 0) is 4.79 Å². The third-order valence-corrected chi connectivity index (χ3v) is 0.616. The molecule has 1 amide bonds. The van der Waals surface area contributed by atoms with E-state index in [1.165, 1.54) is 12.4 Å². The second-order valence-corrected chi connectivity index (χ2v) is 1.48. The normalized spacial score (nSPS) is 9.89. The monoisotopic (exact) mass is 130 g/mol. The van der Waals surface area contributed by atoms with Gasteiger partial charge in [0.1, 0.15) is 6.54 Å². The molecule has 52 valence electrons. The zero-order chi connectivity index (χ0) is 7.28. The van der Waals surface area contributed by atoms with Gasteiger partial charge in [0.15, 0.2) is 0 Å². The molecule has 0 bridgehead atoms. The third-order valence-electron chi connectivity index (χ3n) is 0.616. The molecule has 0 spiro atoms. The maximum Gasteiger partial charge on any atom is 0.238 e. The Bertz CT molecular complexity index is 122. The molecule has 0 aliphatic rings. The summed E-state index contributed by atoms with van der Waals surface area (Å²) >= 11 is 0. The Labute approximate surface area is 53.1 Å². The van der Waals surface area contributed by atoms with E-state index in [0.717, 1.165) is 5.01 Å². The van der Waals surface area contributed by atoms with Crippen molar-refractivity contribution < 1.29 is 4.79 Å². The summed E-state index contributed by atoms with van der Waals surface area (Å²) in [5.41, 5.74) is 9.74. The quantitative estimate of drug-likeness (QED) is 0.306. The van der Waals surface area contributed by atoms with E-state index in [0.29, 0.717) is 0 Å². The summed E-state index contributed by atoms with van der Waals surface area (Å²) in [6.45, 7) is -0.0201. The fourth-order valence-electron chi connectivity index (χ4n) is 0.343. The van der Waals surface area contributed by atoms with E-state index in [4.69, 9.17) is 17.3 Å². The number of carbonyl (C=O) groups excluding carboxylic acids is 1. The Morgan fingerprint density at radius 3 is 2.56 bits per heavy atom. The van der Waals surface area contributed by atoms with Crippen LogP contribution in [0, 0.1) is 0 Å². The number of primary amides is 1. The van der Waals surface area contributed by atoms with Crippen LogP contribution < -0.4 is 17.3 Å². The number of hydrogen-bond acceptors (Lipinski definition) is 4. The van der Waals surface area contributed by atoms with Crippen molar-refractivity contribution >= 4 is 5.91 Å². The Hall–Kier alpha value is -1.23. The molecule has 0 aromatic heterocycles. The fourth-order valence-corrected chi connectivity index (χ4v) is 0.343. The summed E-state index contributed by atoms with van der Waals surface area (Å²) in [6.07, 6.45) is 2.58. The van der Waals surface area contributed by atoms with Gasteiger partial charge in [-0.05, 0) is 0 Å². The van der Waals surface area contributed by atoms with Crippen molar-refractivity contribution in [3.63, 3.8) is 0 Å². The van der Waals surface area contributed by atoms with Crippen LogP contribution in [0.1, 0.15) is 0 Å². The molecule has 0 rings (SSSR count). The average Bonchev–Trinajstić information content (AvgIpc) is 1.63. The molecule has 0 saturated carbocycles. The molecule has 5 heteroatoms. The maximum atomic E-state index is 10.1. The Balaban J connectivity index is 3.50. The van der Waals surface area contributed by atoms with E-state index in [9.17, 15) is 4.79 Å². The predicted molar refractivity (Wildman–Crippen MR) is 33.4 cm³/mol. The first-order valence-corrected chi connectivity index (χ1v) is 2.35. The molecule has 0 aliphatic carbocycles. The highest BCUT2D eigenvalue weighted by Crippen LogP contribution is 1.73. The average molecular weight is 130 g/mol. The van der Waals surface area contributed by atoms with Crippen molar-refractivity contribution in [3.05, 3.63) is 12.4 Å². The standard InChI is InChI=1S/C4H10N4O/c5-1-2-8(7)3-4(6)9/h1-2H,3,5,7H2,(H2,6,9)/b2-1-. The van der Waals surface area contributed by atoms with E-state index in [1.54, 1.807) is 0 Å². The van der Waals surface area contributed by atoms with Gasteiger partial charge in [0.25, 0.3) is 0 Å². The molecule has 0 radical (unpaired) electrons. The van der Waals surface area contributed by atoms with E-state index in [2.05, 4.69) is 0 Å². The van der Waals surface area contributed by atoms with E-state index < -0.39 is 5.91 Å². The lowest BCUT2D eigenvalue weighted by molar-refractivity contribution is -0.118. The number of amides is 1. The first kappa shape index (κ1) is 7.77. The minimum atomic E-state index is -0.490. The first-order chi connectivity index (χ1) is 4.16. The lowest BCUT2D eigenvalue weighted by Crippen LogP contribution is -2.34. The third kappa shape index (κ3) is 4.63.